The van der Waals surface area contributed by atoms with Gasteiger partial charge in [-0.25, -0.2) is 5.43 Å². The summed E-state index contributed by atoms with van der Waals surface area (Å²) in [4.78, 5) is 22.5. The van der Waals surface area contributed by atoms with Crippen LogP contribution in [0.15, 0.2) is 41.5 Å². The fourth-order valence-corrected chi connectivity index (χ4v) is 2.33. The predicted molar refractivity (Wildman–Crippen MR) is 102 cm³/mol. The average molecular weight is 392 g/mol. The van der Waals surface area contributed by atoms with Crippen LogP contribution in [0.1, 0.15) is 29.8 Å². The Bertz CT molecular complexity index is 883. The van der Waals surface area contributed by atoms with E-state index in [-0.39, 0.29) is 16.8 Å². The zero-order chi connectivity index (χ0) is 20.0. The van der Waals surface area contributed by atoms with Gasteiger partial charge in [0.25, 0.3) is 11.6 Å². The number of amides is 1. The highest BCUT2D eigenvalue weighted by atomic mass is 35.5. The van der Waals surface area contributed by atoms with Gasteiger partial charge >= 0.3 is 0 Å². The molecule has 0 bridgehead atoms. The maximum Gasteiger partial charge on any atom is 0.288 e. The Morgan fingerprint density at radius 3 is 2.63 bits per heavy atom. The fourth-order valence-electron chi connectivity index (χ4n) is 2.14. The summed E-state index contributed by atoms with van der Waals surface area (Å²) in [6.45, 7) is 3.77. The van der Waals surface area contributed by atoms with E-state index in [1.807, 2.05) is 13.8 Å². The largest absolute Gasteiger partial charge is 0.493 e. The lowest BCUT2D eigenvalue weighted by atomic mass is 10.2. The second kappa shape index (κ2) is 9.00. The molecule has 0 heterocycles. The summed E-state index contributed by atoms with van der Waals surface area (Å²) in [7, 11) is 1.48. The van der Waals surface area contributed by atoms with Crippen LogP contribution in [-0.4, -0.2) is 30.3 Å². The number of methoxy groups -OCH3 is 1. The van der Waals surface area contributed by atoms with Crippen LogP contribution in [-0.2, 0) is 0 Å². The number of nitrogens with one attached hydrogen (secondary N) is 1. The lowest BCUT2D eigenvalue weighted by Gasteiger charge is -2.14. The first kappa shape index (κ1) is 20.2. The Labute approximate surface area is 160 Å². The maximum absolute atomic E-state index is 12.2. The SMILES string of the molecule is COc1cc(C(=O)N/N=C\c2ccc(Cl)c([N+](=O)[O-])c2)ccc1OC(C)C. The minimum absolute atomic E-state index is 0.0250. The number of nitro benzene ring substituents is 1. The van der Waals surface area contributed by atoms with Crippen LogP contribution < -0.4 is 14.9 Å². The van der Waals surface area contributed by atoms with Crippen molar-refractivity contribution in [2.75, 3.05) is 7.11 Å². The van der Waals surface area contributed by atoms with Crippen molar-refractivity contribution in [3.63, 3.8) is 0 Å². The zero-order valence-corrected chi connectivity index (χ0v) is 15.7. The van der Waals surface area contributed by atoms with Crippen molar-refractivity contribution in [1.29, 1.82) is 0 Å². The molecular formula is C18H18ClN3O5. The molecule has 1 amide bonds. The van der Waals surface area contributed by atoms with E-state index in [0.717, 1.165) is 0 Å². The molecule has 0 unspecified atom stereocenters. The minimum Gasteiger partial charge on any atom is -0.493 e. The lowest BCUT2D eigenvalue weighted by molar-refractivity contribution is -0.384. The van der Waals surface area contributed by atoms with E-state index in [1.54, 1.807) is 18.2 Å². The molecule has 0 aliphatic carbocycles. The van der Waals surface area contributed by atoms with E-state index in [4.69, 9.17) is 21.1 Å². The van der Waals surface area contributed by atoms with Gasteiger partial charge in [0.05, 0.1) is 24.4 Å². The van der Waals surface area contributed by atoms with Crippen LogP contribution in [0.2, 0.25) is 5.02 Å². The Kier molecular flexibility index (Phi) is 6.73. The molecule has 2 rings (SSSR count). The topological polar surface area (TPSA) is 103 Å². The molecule has 9 heteroatoms. The number of carbonyl (C=O) groups excluding carboxylic acids is 1. The van der Waals surface area contributed by atoms with Crippen LogP contribution in [0, 0.1) is 10.1 Å². The monoisotopic (exact) mass is 391 g/mol. The van der Waals surface area contributed by atoms with E-state index >= 15 is 0 Å². The molecule has 8 nitrogen and oxygen atoms in total. The van der Waals surface area contributed by atoms with E-state index in [0.29, 0.717) is 22.6 Å². The van der Waals surface area contributed by atoms with Gasteiger partial charge in [-0.2, -0.15) is 5.10 Å². The molecule has 0 aliphatic rings. The summed E-state index contributed by atoms with van der Waals surface area (Å²) < 4.78 is 10.8. The van der Waals surface area contributed by atoms with Crippen molar-refractivity contribution in [2.24, 2.45) is 5.10 Å². The van der Waals surface area contributed by atoms with Gasteiger partial charge in [-0.1, -0.05) is 17.7 Å². The summed E-state index contributed by atoms with van der Waals surface area (Å²) in [5.41, 5.74) is 2.86. The molecular weight excluding hydrogens is 374 g/mol. The Balaban J connectivity index is 2.10. The van der Waals surface area contributed by atoms with Gasteiger partial charge in [0.2, 0.25) is 0 Å². The molecule has 0 saturated carbocycles. The highest BCUT2D eigenvalue weighted by molar-refractivity contribution is 6.32. The Morgan fingerprint density at radius 1 is 1.26 bits per heavy atom. The molecule has 0 saturated heterocycles. The van der Waals surface area contributed by atoms with Crippen molar-refractivity contribution in [2.45, 2.75) is 20.0 Å². The van der Waals surface area contributed by atoms with Gasteiger partial charge in [0, 0.05) is 17.2 Å². The smallest absolute Gasteiger partial charge is 0.288 e. The molecule has 0 aliphatic heterocycles. The van der Waals surface area contributed by atoms with Crippen molar-refractivity contribution in [3.8, 4) is 11.5 Å². The van der Waals surface area contributed by atoms with Crippen LogP contribution in [0.5, 0.6) is 11.5 Å². The van der Waals surface area contributed by atoms with E-state index in [1.165, 1.54) is 31.5 Å². The number of rotatable bonds is 7. The van der Waals surface area contributed by atoms with Crippen molar-refractivity contribution in [3.05, 3.63) is 62.7 Å². The third-order valence-corrected chi connectivity index (χ3v) is 3.65. The average Bonchev–Trinajstić information content (AvgIpc) is 2.62. The van der Waals surface area contributed by atoms with Gasteiger partial charge in [-0.05, 0) is 38.1 Å². The maximum atomic E-state index is 12.2. The number of benzene rings is 2. The predicted octanol–water partition coefficient (Wildman–Crippen LogP) is 3.81. The fraction of sp³-hybridized carbons (Fsp3) is 0.222. The van der Waals surface area contributed by atoms with Crippen LogP contribution in [0.4, 0.5) is 5.69 Å². The first-order chi connectivity index (χ1) is 12.8. The zero-order valence-electron chi connectivity index (χ0n) is 14.9. The Hall–Kier alpha value is -3.13. The molecule has 0 radical (unpaired) electrons. The van der Waals surface area contributed by atoms with E-state index < -0.39 is 10.8 Å². The van der Waals surface area contributed by atoms with Crippen molar-refractivity contribution >= 4 is 29.4 Å². The first-order valence-corrected chi connectivity index (χ1v) is 8.31. The lowest BCUT2D eigenvalue weighted by Crippen LogP contribution is -2.18. The number of hydrogen-bond donors (Lipinski definition) is 1. The molecule has 2 aromatic rings. The molecule has 142 valence electrons. The molecule has 0 atom stereocenters. The normalized spacial score (nSPS) is 10.9. The summed E-state index contributed by atoms with van der Waals surface area (Å²) >= 11 is 5.75. The van der Waals surface area contributed by atoms with Gasteiger partial charge < -0.3 is 9.47 Å². The molecule has 0 fully saturated rings. The number of halogens is 1. The summed E-state index contributed by atoms with van der Waals surface area (Å²) in [5, 5.41) is 14.7. The third-order valence-electron chi connectivity index (χ3n) is 3.34. The van der Waals surface area contributed by atoms with Crippen molar-refractivity contribution in [1.82, 2.24) is 5.43 Å². The quantitative estimate of drug-likeness (QED) is 0.439. The molecule has 0 aromatic heterocycles. The molecule has 2 aromatic carbocycles. The van der Waals surface area contributed by atoms with Gasteiger partial charge in [-0.3, -0.25) is 14.9 Å². The van der Waals surface area contributed by atoms with E-state index in [2.05, 4.69) is 10.5 Å². The highest BCUT2D eigenvalue weighted by Crippen LogP contribution is 2.29. The summed E-state index contributed by atoms with van der Waals surface area (Å²) in [6.07, 6.45) is 1.25. The third kappa shape index (κ3) is 5.42. The molecule has 27 heavy (non-hydrogen) atoms. The minimum atomic E-state index is -0.592. The van der Waals surface area contributed by atoms with Crippen molar-refractivity contribution < 1.29 is 19.2 Å². The number of nitro groups is 1. The second-order valence-electron chi connectivity index (χ2n) is 5.70. The number of carbonyl (C=O) groups is 1. The first-order valence-electron chi connectivity index (χ1n) is 7.94. The number of hydrazone groups is 1. The van der Waals surface area contributed by atoms with E-state index in [9.17, 15) is 14.9 Å². The molecule has 1 N–H and O–H groups in total. The van der Waals surface area contributed by atoms with Crippen LogP contribution >= 0.6 is 11.6 Å². The molecule has 0 spiro atoms. The summed E-state index contributed by atoms with van der Waals surface area (Å²) in [6, 6.07) is 8.96. The van der Waals surface area contributed by atoms with Gasteiger partial charge in [-0.15, -0.1) is 0 Å². The highest BCUT2D eigenvalue weighted by Gasteiger charge is 2.13. The van der Waals surface area contributed by atoms with Gasteiger partial charge in [0.15, 0.2) is 11.5 Å². The van der Waals surface area contributed by atoms with Gasteiger partial charge in [0.1, 0.15) is 5.02 Å². The standard InChI is InChI=1S/C18H18ClN3O5/c1-11(2)27-16-7-5-13(9-17(16)26-3)18(23)21-20-10-12-4-6-14(19)15(8-12)22(24)25/h4-11H,1-3H3,(H,21,23)/b20-10-. The number of hydrogen-bond acceptors (Lipinski definition) is 6. The number of nitrogens with zero attached hydrogens (tertiary/aromatic N) is 2. The Morgan fingerprint density at radius 2 is 2.00 bits per heavy atom. The summed E-state index contributed by atoms with van der Waals surface area (Å²) in [5.74, 6) is 0.485. The van der Waals surface area contributed by atoms with Crippen LogP contribution in [0.3, 0.4) is 0 Å². The second-order valence-corrected chi connectivity index (χ2v) is 6.11. The van der Waals surface area contributed by atoms with Crippen LogP contribution in [0.25, 0.3) is 0 Å². The number of ether oxygens (including phenoxy) is 2.